The summed E-state index contributed by atoms with van der Waals surface area (Å²) in [5.41, 5.74) is 9.32. The molecule has 2 rings (SSSR count). The maximum absolute atomic E-state index is 12.1. The Morgan fingerprint density at radius 3 is 2.55 bits per heavy atom. The summed E-state index contributed by atoms with van der Waals surface area (Å²) < 4.78 is 0. The normalized spacial score (nSPS) is 10.1. The highest BCUT2D eigenvalue weighted by atomic mass is 16.2. The number of rotatable bonds is 3. The Morgan fingerprint density at radius 1 is 1.20 bits per heavy atom. The number of nitrogens with zero attached hydrogens (tertiary/aromatic N) is 1. The van der Waals surface area contributed by atoms with Gasteiger partial charge in [0.1, 0.15) is 0 Å². The van der Waals surface area contributed by atoms with E-state index in [1.165, 1.54) is 5.56 Å². The van der Waals surface area contributed by atoms with Crippen LogP contribution in [-0.4, -0.2) is 18.0 Å². The molecule has 2 aromatic carbocycles. The second-order valence-electron chi connectivity index (χ2n) is 4.90. The standard InChI is InChI=1S/C16H19N3O/c1-12-6-8-13(9-7-12)11-19(2)16(20)18-15-5-3-4-14(17)10-15/h3-10H,11,17H2,1-2H3,(H,18,20). The zero-order valence-electron chi connectivity index (χ0n) is 11.8. The van der Waals surface area contributed by atoms with Crippen LogP contribution in [0.1, 0.15) is 11.1 Å². The Balaban J connectivity index is 1.96. The van der Waals surface area contributed by atoms with Crippen LogP contribution in [0, 0.1) is 6.92 Å². The maximum Gasteiger partial charge on any atom is 0.321 e. The van der Waals surface area contributed by atoms with Crippen molar-refractivity contribution in [1.29, 1.82) is 0 Å². The number of carbonyl (C=O) groups is 1. The zero-order chi connectivity index (χ0) is 14.5. The van der Waals surface area contributed by atoms with Crippen LogP contribution in [0.15, 0.2) is 48.5 Å². The molecule has 0 spiro atoms. The van der Waals surface area contributed by atoms with E-state index in [-0.39, 0.29) is 6.03 Å². The predicted molar refractivity (Wildman–Crippen MR) is 82.5 cm³/mol. The Hall–Kier alpha value is -2.49. The second-order valence-corrected chi connectivity index (χ2v) is 4.90. The minimum Gasteiger partial charge on any atom is -0.399 e. The largest absolute Gasteiger partial charge is 0.399 e. The average Bonchev–Trinajstić information content (AvgIpc) is 2.41. The molecule has 2 aromatic rings. The number of carbonyl (C=O) groups excluding carboxylic acids is 1. The summed E-state index contributed by atoms with van der Waals surface area (Å²) in [6, 6.07) is 15.1. The smallest absolute Gasteiger partial charge is 0.321 e. The highest BCUT2D eigenvalue weighted by Crippen LogP contribution is 2.13. The molecule has 0 aromatic heterocycles. The van der Waals surface area contributed by atoms with Gasteiger partial charge in [0, 0.05) is 25.0 Å². The Labute approximate surface area is 119 Å². The second kappa shape index (κ2) is 6.10. The molecule has 0 atom stereocenters. The summed E-state index contributed by atoms with van der Waals surface area (Å²) in [6.45, 7) is 2.61. The zero-order valence-corrected chi connectivity index (χ0v) is 11.8. The molecule has 0 aliphatic heterocycles. The van der Waals surface area contributed by atoms with Crippen LogP contribution < -0.4 is 11.1 Å². The van der Waals surface area contributed by atoms with Crippen LogP contribution in [-0.2, 0) is 6.54 Å². The fourth-order valence-electron chi connectivity index (χ4n) is 1.87. The molecule has 4 nitrogen and oxygen atoms in total. The number of nitrogens with two attached hydrogens (primary N) is 1. The quantitative estimate of drug-likeness (QED) is 0.840. The van der Waals surface area contributed by atoms with E-state index in [1.54, 1.807) is 24.1 Å². The van der Waals surface area contributed by atoms with Crippen molar-refractivity contribution in [2.45, 2.75) is 13.5 Å². The molecule has 0 saturated carbocycles. The molecule has 0 saturated heterocycles. The first kappa shape index (κ1) is 13.9. The van der Waals surface area contributed by atoms with Crippen molar-refractivity contribution >= 4 is 17.4 Å². The molecule has 2 amide bonds. The van der Waals surface area contributed by atoms with Crippen molar-refractivity contribution in [3.8, 4) is 0 Å². The van der Waals surface area contributed by atoms with E-state index in [1.807, 2.05) is 43.3 Å². The van der Waals surface area contributed by atoms with E-state index in [0.717, 1.165) is 5.56 Å². The number of anilines is 2. The first-order chi connectivity index (χ1) is 9.54. The molecular weight excluding hydrogens is 250 g/mol. The van der Waals surface area contributed by atoms with Gasteiger partial charge in [0.25, 0.3) is 0 Å². The van der Waals surface area contributed by atoms with Gasteiger partial charge in [0.05, 0.1) is 0 Å². The van der Waals surface area contributed by atoms with Crippen LogP contribution in [0.4, 0.5) is 16.2 Å². The lowest BCUT2D eigenvalue weighted by Crippen LogP contribution is -2.30. The number of aryl methyl sites for hydroxylation is 1. The Kier molecular flexibility index (Phi) is 4.25. The van der Waals surface area contributed by atoms with Gasteiger partial charge in [-0.2, -0.15) is 0 Å². The highest BCUT2D eigenvalue weighted by Gasteiger charge is 2.09. The Bertz CT molecular complexity index is 593. The summed E-state index contributed by atoms with van der Waals surface area (Å²) in [5, 5.41) is 2.82. The number of hydrogen-bond donors (Lipinski definition) is 2. The first-order valence-corrected chi connectivity index (χ1v) is 6.48. The summed E-state index contributed by atoms with van der Waals surface area (Å²) >= 11 is 0. The van der Waals surface area contributed by atoms with Gasteiger partial charge in [0.15, 0.2) is 0 Å². The monoisotopic (exact) mass is 269 g/mol. The van der Waals surface area contributed by atoms with Gasteiger partial charge in [-0.25, -0.2) is 4.79 Å². The molecule has 0 heterocycles. The van der Waals surface area contributed by atoms with E-state index in [4.69, 9.17) is 5.73 Å². The van der Waals surface area contributed by atoms with Crippen LogP contribution in [0.25, 0.3) is 0 Å². The number of nitrogen functional groups attached to an aromatic ring is 1. The number of amides is 2. The van der Waals surface area contributed by atoms with Crippen LogP contribution in [0.3, 0.4) is 0 Å². The third-order valence-corrected chi connectivity index (χ3v) is 3.02. The lowest BCUT2D eigenvalue weighted by molar-refractivity contribution is 0.220. The number of urea groups is 1. The lowest BCUT2D eigenvalue weighted by atomic mass is 10.1. The molecule has 0 radical (unpaired) electrons. The van der Waals surface area contributed by atoms with Gasteiger partial charge in [-0.3, -0.25) is 0 Å². The van der Waals surface area contributed by atoms with Gasteiger partial charge in [-0.15, -0.1) is 0 Å². The molecular formula is C16H19N3O. The molecule has 20 heavy (non-hydrogen) atoms. The SMILES string of the molecule is Cc1ccc(CN(C)C(=O)Nc2cccc(N)c2)cc1. The molecule has 0 bridgehead atoms. The van der Waals surface area contributed by atoms with E-state index >= 15 is 0 Å². The van der Waals surface area contributed by atoms with Crippen LogP contribution >= 0.6 is 0 Å². The minimum atomic E-state index is -0.156. The third-order valence-electron chi connectivity index (χ3n) is 3.02. The summed E-state index contributed by atoms with van der Waals surface area (Å²) in [6.07, 6.45) is 0. The molecule has 4 heteroatoms. The van der Waals surface area contributed by atoms with Gasteiger partial charge in [-0.05, 0) is 30.7 Å². The summed E-state index contributed by atoms with van der Waals surface area (Å²) in [7, 11) is 1.77. The third kappa shape index (κ3) is 3.75. The van der Waals surface area contributed by atoms with Crippen molar-refractivity contribution in [1.82, 2.24) is 4.90 Å². The molecule has 0 unspecified atom stereocenters. The molecule has 0 aliphatic rings. The lowest BCUT2D eigenvalue weighted by Gasteiger charge is -2.18. The molecule has 3 N–H and O–H groups in total. The Morgan fingerprint density at radius 2 is 1.90 bits per heavy atom. The van der Waals surface area contributed by atoms with Crippen molar-refractivity contribution in [2.75, 3.05) is 18.1 Å². The van der Waals surface area contributed by atoms with E-state index in [2.05, 4.69) is 5.32 Å². The van der Waals surface area contributed by atoms with Gasteiger partial charge in [0.2, 0.25) is 0 Å². The van der Waals surface area contributed by atoms with Crippen molar-refractivity contribution in [3.05, 3.63) is 59.7 Å². The topological polar surface area (TPSA) is 58.4 Å². The van der Waals surface area contributed by atoms with Crippen LogP contribution in [0.5, 0.6) is 0 Å². The van der Waals surface area contributed by atoms with Crippen LogP contribution in [0.2, 0.25) is 0 Å². The summed E-state index contributed by atoms with van der Waals surface area (Å²) in [4.78, 5) is 13.7. The molecule has 104 valence electrons. The van der Waals surface area contributed by atoms with Crippen molar-refractivity contribution in [3.63, 3.8) is 0 Å². The van der Waals surface area contributed by atoms with E-state index in [0.29, 0.717) is 17.9 Å². The van der Waals surface area contributed by atoms with Crippen molar-refractivity contribution in [2.24, 2.45) is 0 Å². The summed E-state index contributed by atoms with van der Waals surface area (Å²) in [5.74, 6) is 0. The number of benzene rings is 2. The van der Waals surface area contributed by atoms with Gasteiger partial charge >= 0.3 is 6.03 Å². The van der Waals surface area contributed by atoms with E-state index < -0.39 is 0 Å². The van der Waals surface area contributed by atoms with Gasteiger partial charge in [-0.1, -0.05) is 35.9 Å². The fraction of sp³-hybridized carbons (Fsp3) is 0.188. The highest BCUT2D eigenvalue weighted by molar-refractivity contribution is 5.89. The molecule has 0 fully saturated rings. The minimum absolute atomic E-state index is 0.156. The van der Waals surface area contributed by atoms with Gasteiger partial charge < -0.3 is 16.0 Å². The van der Waals surface area contributed by atoms with E-state index in [9.17, 15) is 4.79 Å². The average molecular weight is 269 g/mol. The maximum atomic E-state index is 12.1. The van der Waals surface area contributed by atoms with Crippen molar-refractivity contribution < 1.29 is 4.79 Å². The molecule has 0 aliphatic carbocycles. The first-order valence-electron chi connectivity index (χ1n) is 6.48. The predicted octanol–water partition coefficient (Wildman–Crippen LogP) is 3.24. The number of nitrogens with one attached hydrogen (secondary N) is 1. The number of hydrogen-bond acceptors (Lipinski definition) is 2. The fourth-order valence-corrected chi connectivity index (χ4v) is 1.87.